The van der Waals surface area contributed by atoms with Crippen LogP contribution in [0.1, 0.15) is 64.2 Å². The van der Waals surface area contributed by atoms with Crippen LogP contribution in [0.15, 0.2) is 4.99 Å². The van der Waals surface area contributed by atoms with Crippen LogP contribution in [0.4, 0.5) is 0 Å². The van der Waals surface area contributed by atoms with Crippen molar-refractivity contribution in [2.24, 2.45) is 22.6 Å². The molecule has 0 radical (unpaired) electrons. The zero-order chi connectivity index (χ0) is 12.6. The molecule has 0 amide bonds. The molecule has 0 atom stereocenters. The number of hydrogen-bond donors (Lipinski definition) is 2. The van der Waals surface area contributed by atoms with Crippen molar-refractivity contribution in [1.29, 1.82) is 0 Å². The van der Waals surface area contributed by atoms with Crippen molar-refractivity contribution in [2.45, 2.75) is 64.2 Å². The lowest BCUT2D eigenvalue weighted by Gasteiger charge is -2.23. The molecule has 104 valence electrons. The lowest BCUT2D eigenvalue weighted by atomic mass is 9.86. The number of aliphatic imine (C=N–C) groups is 1. The van der Waals surface area contributed by atoms with Gasteiger partial charge in [0.05, 0.1) is 0 Å². The first-order valence-corrected chi connectivity index (χ1v) is 7.88. The summed E-state index contributed by atoms with van der Waals surface area (Å²) < 4.78 is 0. The van der Waals surface area contributed by atoms with E-state index in [0.717, 1.165) is 24.9 Å². The molecule has 0 aromatic carbocycles. The van der Waals surface area contributed by atoms with E-state index in [-0.39, 0.29) is 0 Å². The van der Waals surface area contributed by atoms with Crippen LogP contribution in [0, 0.1) is 11.8 Å². The summed E-state index contributed by atoms with van der Waals surface area (Å²) >= 11 is 0. The first-order chi connectivity index (χ1) is 8.84. The molecule has 3 nitrogen and oxygen atoms in total. The number of nitrogens with two attached hydrogens (primary N) is 1. The van der Waals surface area contributed by atoms with Crippen LogP contribution >= 0.6 is 0 Å². The summed E-state index contributed by atoms with van der Waals surface area (Å²) in [6.45, 7) is 1.93. The first kappa shape index (κ1) is 13.7. The van der Waals surface area contributed by atoms with Gasteiger partial charge in [0.25, 0.3) is 0 Å². The molecule has 2 fully saturated rings. The third-order valence-corrected chi connectivity index (χ3v) is 4.56. The van der Waals surface area contributed by atoms with Gasteiger partial charge in [-0.05, 0) is 37.5 Å². The number of rotatable bonds is 6. The smallest absolute Gasteiger partial charge is 0.188 e. The molecule has 0 saturated heterocycles. The van der Waals surface area contributed by atoms with Crippen molar-refractivity contribution < 1.29 is 0 Å². The Morgan fingerprint density at radius 3 is 2.39 bits per heavy atom. The van der Waals surface area contributed by atoms with Crippen molar-refractivity contribution in [2.75, 3.05) is 13.1 Å². The van der Waals surface area contributed by atoms with Crippen LogP contribution in [-0.2, 0) is 0 Å². The van der Waals surface area contributed by atoms with Gasteiger partial charge in [-0.25, -0.2) is 0 Å². The average molecular weight is 251 g/mol. The first-order valence-electron chi connectivity index (χ1n) is 7.88. The summed E-state index contributed by atoms with van der Waals surface area (Å²) in [7, 11) is 0. The highest BCUT2D eigenvalue weighted by molar-refractivity contribution is 5.77. The summed E-state index contributed by atoms with van der Waals surface area (Å²) in [6.07, 6.45) is 13.9. The van der Waals surface area contributed by atoms with E-state index in [1.54, 1.807) is 0 Å². The van der Waals surface area contributed by atoms with Crippen molar-refractivity contribution in [3.63, 3.8) is 0 Å². The van der Waals surface area contributed by atoms with E-state index in [9.17, 15) is 0 Å². The van der Waals surface area contributed by atoms with Gasteiger partial charge in [0.15, 0.2) is 5.96 Å². The predicted octanol–water partition coefficient (Wildman–Crippen LogP) is 3.05. The quantitative estimate of drug-likeness (QED) is 0.433. The third-order valence-electron chi connectivity index (χ3n) is 4.56. The highest BCUT2D eigenvalue weighted by atomic mass is 15.1. The highest BCUT2D eigenvalue weighted by Crippen LogP contribution is 2.27. The SMILES string of the molecule is NC(=NCC1CCC1)NCCCC1CCCCC1. The molecule has 0 bridgehead atoms. The number of nitrogens with one attached hydrogen (secondary N) is 1. The van der Waals surface area contributed by atoms with Crippen LogP contribution in [0.2, 0.25) is 0 Å². The molecule has 0 aromatic rings. The molecule has 18 heavy (non-hydrogen) atoms. The maximum Gasteiger partial charge on any atom is 0.188 e. The largest absolute Gasteiger partial charge is 0.370 e. The highest BCUT2D eigenvalue weighted by Gasteiger charge is 2.16. The summed E-state index contributed by atoms with van der Waals surface area (Å²) in [5.41, 5.74) is 5.86. The standard InChI is InChI=1S/C15H29N3/c16-15(18-12-14-8-4-9-14)17-11-5-10-13-6-2-1-3-7-13/h13-14H,1-12H2,(H3,16,17,18). The number of guanidine groups is 1. The van der Waals surface area contributed by atoms with Gasteiger partial charge in [0.2, 0.25) is 0 Å². The molecule has 3 heteroatoms. The number of hydrogen-bond acceptors (Lipinski definition) is 1. The van der Waals surface area contributed by atoms with Crippen molar-refractivity contribution in [3.8, 4) is 0 Å². The molecule has 2 aliphatic carbocycles. The van der Waals surface area contributed by atoms with Gasteiger partial charge in [-0.1, -0.05) is 38.5 Å². The van der Waals surface area contributed by atoms with E-state index in [1.165, 1.54) is 64.2 Å². The van der Waals surface area contributed by atoms with Crippen molar-refractivity contribution in [3.05, 3.63) is 0 Å². The third kappa shape index (κ3) is 4.87. The molecule has 0 spiro atoms. The summed E-state index contributed by atoms with van der Waals surface area (Å²) in [5.74, 6) is 2.45. The molecule has 0 aromatic heterocycles. The zero-order valence-corrected chi connectivity index (χ0v) is 11.7. The van der Waals surface area contributed by atoms with Gasteiger partial charge >= 0.3 is 0 Å². The predicted molar refractivity (Wildman–Crippen MR) is 77.6 cm³/mol. The second kappa shape index (κ2) is 7.65. The van der Waals surface area contributed by atoms with Crippen LogP contribution in [0.25, 0.3) is 0 Å². The molecule has 0 unspecified atom stereocenters. The summed E-state index contributed by atoms with van der Waals surface area (Å²) in [5, 5.41) is 3.25. The zero-order valence-electron chi connectivity index (χ0n) is 11.7. The lowest BCUT2D eigenvalue weighted by Crippen LogP contribution is -2.33. The molecule has 2 aliphatic rings. The van der Waals surface area contributed by atoms with Gasteiger partial charge in [0.1, 0.15) is 0 Å². The van der Waals surface area contributed by atoms with Crippen molar-refractivity contribution >= 4 is 5.96 Å². The fraction of sp³-hybridized carbons (Fsp3) is 0.933. The Hall–Kier alpha value is -0.730. The monoisotopic (exact) mass is 251 g/mol. The molecule has 0 aliphatic heterocycles. The van der Waals surface area contributed by atoms with Crippen molar-refractivity contribution in [1.82, 2.24) is 5.32 Å². The molecule has 2 saturated carbocycles. The van der Waals surface area contributed by atoms with Gasteiger partial charge in [-0.2, -0.15) is 0 Å². The second-order valence-electron chi connectivity index (χ2n) is 6.10. The van der Waals surface area contributed by atoms with Gasteiger partial charge < -0.3 is 11.1 Å². The van der Waals surface area contributed by atoms with E-state index >= 15 is 0 Å². The Morgan fingerprint density at radius 2 is 1.72 bits per heavy atom. The minimum atomic E-state index is 0.658. The Balaban J connectivity index is 1.48. The van der Waals surface area contributed by atoms with E-state index in [2.05, 4.69) is 10.3 Å². The minimum Gasteiger partial charge on any atom is -0.370 e. The summed E-state index contributed by atoms with van der Waals surface area (Å²) in [6, 6.07) is 0. The fourth-order valence-corrected chi connectivity index (χ4v) is 3.04. The maximum atomic E-state index is 5.86. The van der Waals surface area contributed by atoms with Crippen LogP contribution in [0.5, 0.6) is 0 Å². The normalized spacial score (nSPS) is 22.8. The molecular formula is C15H29N3. The molecule has 0 heterocycles. The Kier molecular flexibility index (Phi) is 5.82. The molecule has 3 N–H and O–H groups in total. The Morgan fingerprint density at radius 1 is 1.00 bits per heavy atom. The Bertz CT molecular complexity index is 252. The van der Waals surface area contributed by atoms with Crippen LogP contribution in [-0.4, -0.2) is 19.0 Å². The van der Waals surface area contributed by atoms with Gasteiger partial charge in [-0.15, -0.1) is 0 Å². The topological polar surface area (TPSA) is 50.4 Å². The van der Waals surface area contributed by atoms with E-state index in [1.807, 2.05) is 0 Å². The van der Waals surface area contributed by atoms with Crippen LogP contribution < -0.4 is 11.1 Å². The van der Waals surface area contributed by atoms with Gasteiger partial charge in [0, 0.05) is 13.1 Å². The van der Waals surface area contributed by atoms with E-state index < -0.39 is 0 Å². The number of nitrogens with zero attached hydrogens (tertiary/aromatic N) is 1. The van der Waals surface area contributed by atoms with Gasteiger partial charge in [-0.3, -0.25) is 4.99 Å². The second-order valence-corrected chi connectivity index (χ2v) is 6.10. The molecular weight excluding hydrogens is 222 g/mol. The lowest BCUT2D eigenvalue weighted by molar-refractivity contribution is 0.325. The minimum absolute atomic E-state index is 0.658. The Labute approximate surface area is 112 Å². The fourth-order valence-electron chi connectivity index (χ4n) is 3.04. The van der Waals surface area contributed by atoms with Crippen LogP contribution in [0.3, 0.4) is 0 Å². The molecule has 2 rings (SSSR count). The average Bonchev–Trinajstić information content (AvgIpc) is 2.34. The summed E-state index contributed by atoms with van der Waals surface area (Å²) in [4.78, 5) is 4.41. The van der Waals surface area contributed by atoms with E-state index in [0.29, 0.717) is 5.96 Å². The van der Waals surface area contributed by atoms with E-state index in [4.69, 9.17) is 5.73 Å². The maximum absolute atomic E-state index is 5.86.